The van der Waals surface area contributed by atoms with Crippen molar-refractivity contribution in [3.05, 3.63) is 66.0 Å². The van der Waals surface area contributed by atoms with E-state index in [1.807, 2.05) is 11.5 Å². The Morgan fingerprint density at radius 2 is 1.79 bits per heavy atom. The monoisotopic (exact) mass is 582 g/mol. The number of ether oxygens (including phenoxy) is 1. The van der Waals surface area contributed by atoms with E-state index < -0.39 is 29.5 Å². The lowest BCUT2D eigenvalue weighted by Crippen LogP contribution is -2.53. The maximum absolute atomic E-state index is 14.2. The van der Waals surface area contributed by atoms with Crippen LogP contribution >= 0.6 is 0 Å². The van der Waals surface area contributed by atoms with Gasteiger partial charge in [-0.05, 0) is 63.6 Å². The van der Waals surface area contributed by atoms with Crippen LogP contribution in [0.4, 0.5) is 25.1 Å². The Morgan fingerprint density at radius 1 is 1.05 bits per heavy atom. The molecule has 1 aliphatic heterocycles. The molecule has 0 saturated carbocycles. The number of nitrogens with one attached hydrogen (secondary N) is 3. The van der Waals surface area contributed by atoms with Crippen molar-refractivity contribution in [2.75, 3.05) is 18.4 Å². The molecule has 1 aromatic heterocycles. The summed E-state index contributed by atoms with van der Waals surface area (Å²) in [6, 6.07) is 10.7. The van der Waals surface area contributed by atoms with E-state index in [0.717, 1.165) is 6.42 Å². The summed E-state index contributed by atoms with van der Waals surface area (Å²) in [6.07, 6.45) is -0.336. The average molecular weight is 583 g/mol. The highest BCUT2D eigenvalue weighted by molar-refractivity contribution is 5.91. The molecular formula is C30H36F2N6O4. The van der Waals surface area contributed by atoms with Crippen LogP contribution in [-0.2, 0) is 27.4 Å². The van der Waals surface area contributed by atoms with Crippen molar-refractivity contribution in [3.63, 3.8) is 0 Å². The van der Waals surface area contributed by atoms with Crippen molar-refractivity contribution in [3.8, 4) is 11.3 Å². The number of carbonyl (C=O) groups excluding carboxylic acids is 3. The molecule has 0 bridgehead atoms. The molecular weight excluding hydrogens is 546 g/mol. The van der Waals surface area contributed by atoms with Crippen molar-refractivity contribution in [1.82, 2.24) is 25.1 Å². The number of anilines is 2. The molecule has 224 valence electrons. The maximum atomic E-state index is 14.2. The number of amides is 3. The normalized spacial score (nSPS) is 13.6. The van der Waals surface area contributed by atoms with E-state index >= 15 is 0 Å². The summed E-state index contributed by atoms with van der Waals surface area (Å²) >= 11 is 0. The van der Waals surface area contributed by atoms with E-state index in [1.54, 1.807) is 45.0 Å². The zero-order chi connectivity index (χ0) is 30.4. The van der Waals surface area contributed by atoms with E-state index in [9.17, 15) is 23.2 Å². The molecule has 0 radical (unpaired) electrons. The van der Waals surface area contributed by atoms with Gasteiger partial charge in [0.2, 0.25) is 11.8 Å². The quantitative estimate of drug-likeness (QED) is 0.336. The third kappa shape index (κ3) is 7.83. The predicted octanol–water partition coefficient (Wildman–Crippen LogP) is 4.72. The van der Waals surface area contributed by atoms with Crippen LogP contribution < -0.4 is 16.0 Å². The van der Waals surface area contributed by atoms with E-state index in [1.165, 1.54) is 29.2 Å². The summed E-state index contributed by atoms with van der Waals surface area (Å²) in [7, 11) is 0. The van der Waals surface area contributed by atoms with Crippen molar-refractivity contribution in [2.24, 2.45) is 0 Å². The number of hydrogen-bond donors (Lipinski definition) is 3. The first kappa shape index (κ1) is 30.5. The Kier molecular flexibility index (Phi) is 9.44. The molecule has 3 N–H and O–H groups in total. The molecule has 4 rings (SSSR count). The number of fused-ring (bicyclic) bond motifs is 1. The highest BCUT2D eigenvalue weighted by Crippen LogP contribution is 2.33. The minimum atomic E-state index is -1.15. The lowest BCUT2D eigenvalue weighted by molar-refractivity contribution is -0.137. The SMILES string of the molecule is CCCNC(=O)CC(NC(=O)OC(C)(C)C)C(=O)N1CCn2c(nc(-c3cccc(F)c3)c2Nc2ccc(F)cc2)C1. The summed E-state index contributed by atoms with van der Waals surface area (Å²) in [5.74, 6) is -0.554. The molecule has 0 saturated heterocycles. The van der Waals surface area contributed by atoms with Gasteiger partial charge in [0.1, 0.15) is 40.6 Å². The second-order valence-electron chi connectivity index (χ2n) is 11.0. The molecule has 1 unspecified atom stereocenters. The number of halogens is 2. The summed E-state index contributed by atoms with van der Waals surface area (Å²) in [4.78, 5) is 45.1. The number of carbonyl (C=O) groups is 3. The Bertz CT molecular complexity index is 1430. The Balaban J connectivity index is 1.62. The lowest BCUT2D eigenvalue weighted by Gasteiger charge is -2.32. The third-order valence-corrected chi connectivity index (χ3v) is 6.44. The first-order chi connectivity index (χ1) is 19.9. The van der Waals surface area contributed by atoms with Crippen molar-refractivity contribution < 1.29 is 27.9 Å². The molecule has 2 heterocycles. The Hall–Kier alpha value is -4.48. The zero-order valence-corrected chi connectivity index (χ0v) is 24.2. The number of imidazole rings is 1. The van der Waals surface area contributed by atoms with Crippen molar-refractivity contribution >= 4 is 29.4 Å². The molecule has 2 aromatic carbocycles. The summed E-state index contributed by atoms with van der Waals surface area (Å²) in [5.41, 5.74) is 0.802. The molecule has 1 atom stereocenters. The number of hydrogen-bond acceptors (Lipinski definition) is 6. The molecule has 3 aromatic rings. The highest BCUT2D eigenvalue weighted by Gasteiger charge is 2.33. The molecule has 1 aliphatic rings. The van der Waals surface area contributed by atoms with Gasteiger partial charge in [0.05, 0.1) is 13.0 Å². The van der Waals surface area contributed by atoms with E-state index in [0.29, 0.717) is 41.7 Å². The second kappa shape index (κ2) is 13.0. The smallest absolute Gasteiger partial charge is 0.408 e. The van der Waals surface area contributed by atoms with Gasteiger partial charge >= 0.3 is 6.09 Å². The van der Waals surface area contributed by atoms with Gasteiger partial charge in [0.15, 0.2) is 0 Å². The van der Waals surface area contributed by atoms with E-state index in [4.69, 9.17) is 9.72 Å². The van der Waals surface area contributed by atoms with Crippen LogP contribution in [0.5, 0.6) is 0 Å². The number of alkyl carbamates (subject to hydrolysis) is 1. The second-order valence-corrected chi connectivity index (χ2v) is 11.0. The predicted molar refractivity (Wildman–Crippen MR) is 154 cm³/mol. The molecule has 42 heavy (non-hydrogen) atoms. The minimum Gasteiger partial charge on any atom is -0.444 e. The van der Waals surface area contributed by atoms with Crippen LogP contribution in [0.25, 0.3) is 11.3 Å². The Labute approximate surface area is 243 Å². The van der Waals surface area contributed by atoms with Gasteiger partial charge in [-0.15, -0.1) is 0 Å². The number of nitrogens with zero attached hydrogens (tertiary/aromatic N) is 3. The largest absolute Gasteiger partial charge is 0.444 e. The van der Waals surface area contributed by atoms with E-state index in [-0.39, 0.29) is 31.2 Å². The molecule has 12 heteroatoms. The average Bonchev–Trinajstić information content (AvgIpc) is 3.28. The molecule has 0 spiro atoms. The van der Waals surface area contributed by atoms with Gasteiger partial charge in [0, 0.05) is 30.9 Å². The fourth-order valence-electron chi connectivity index (χ4n) is 4.55. The molecule has 0 aliphatic carbocycles. The van der Waals surface area contributed by atoms with Crippen LogP contribution in [0.2, 0.25) is 0 Å². The van der Waals surface area contributed by atoms with E-state index in [2.05, 4.69) is 16.0 Å². The topological polar surface area (TPSA) is 118 Å². The number of rotatable bonds is 9. The van der Waals surface area contributed by atoms with Gasteiger partial charge in [-0.2, -0.15) is 0 Å². The van der Waals surface area contributed by atoms with Gasteiger partial charge in [0.25, 0.3) is 0 Å². The van der Waals surface area contributed by atoms with Crippen LogP contribution in [-0.4, -0.2) is 57.1 Å². The van der Waals surface area contributed by atoms with Crippen LogP contribution in [0.3, 0.4) is 0 Å². The lowest BCUT2D eigenvalue weighted by atomic mass is 10.1. The van der Waals surface area contributed by atoms with Gasteiger partial charge in [-0.1, -0.05) is 19.1 Å². The summed E-state index contributed by atoms with van der Waals surface area (Å²) < 4.78 is 34.9. The molecule has 0 fully saturated rings. The fourth-order valence-corrected chi connectivity index (χ4v) is 4.55. The Morgan fingerprint density at radius 3 is 2.45 bits per heavy atom. The summed E-state index contributed by atoms with van der Waals surface area (Å²) in [6.45, 7) is 8.13. The molecule has 10 nitrogen and oxygen atoms in total. The first-order valence-electron chi connectivity index (χ1n) is 13.9. The van der Waals surface area contributed by atoms with Crippen molar-refractivity contribution in [1.29, 1.82) is 0 Å². The standard InChI is InChI=1S/C30H36F2N6O4/c1-5-13-33-25(39)17-23(35-29(41)42-30(2,3)4)28(40)37-14-15-38-24(18-37)36-26(19-7-6-8-21(32)16-19)27(38)34-22-11-9-20(31)10-12-22/h6-12,16,23,34H,5,13-15,17-18H2,1-4H3,(H,33,39)(H,35,41). The summed E-state index contributed by atoms with van der Waals surface area (Å²) in [5, 5.41) is 8.57. The van der Waals surface area contributed by atoms with Crippen LogP contribution in [0.1, 0.15) is 46.4 Å². The van der Waals surface area contributed by atoms with Gasteiger partial charge < -0.3 is 30.2 Å². The third-order valence-electron chi connectivity index (χ3n) is 6.44. The van der Waals surface area contributed by atoms with Crippen molar-refractivity contribution in [2.45, 2.75) is 65.3 Å². The van der Waals surface area contributed by atoms with Gasteiger partial charge in [-0.3, -0.25) is 9.59 Å². The molecule has 3 amide bonds. The first-order valence-corrected chi connectivity index (χ1v) is 13.9. The van der Waals surface area contributed by atoms with Crippen LogP contribution in [0.15, 0.2) is 48.5 Å². The number of benzene rings is 2. The maximum Gasteiger partial charge on any atom is 0.408 e. The van der Waals surface area contributed by atoms with Crippen LogP contribution in [0, 0.1) is 11.6 Å². The minimum absolute atomic E-state index is 0.0787. The number of aromatic nitrogens is 2. The van der Waals surface area contributed by atoms with Gasteiger partial charge in [-0.25, -0.2) is 18.6 Å². The zero-order valence-electron chi connectivity index (χ0n) is 24.2. The highest BCUT2D eigenvalue weighted by atomic mass is 19.1. The fraction of sp³-hybridized carbons (Fsp3) is 0.400.